The van der Waals surface area contributed by atoms with Crippen LogP contribution in [0.2, 0.25) is 0 Å². The fourth-order valence-corrected chi connectivity index (χ4v) is 2.26. The summed E-state index contributed by atoms with van der Waals surface area (Å²) in [5.74, 6) is 0. The van der Waals surface area contributed by atoms with Crippen molar-refractivity contribution >= 4 is 45.2 Å². The Hall–Kier alpha value is 1.42. The number of rotatable bonds is 5. The van der Waals surface area contributed by atoms with E-state index in [9.17, 15) is 0 Å². The van der Waals surface area contributed by atoms with Gasteiger partial charge in [-0.15, -0.1) is 0 Å². The molecule has 0 rings (SSSR count). The Bertz CT molecular complexity index is 98.3. The zero-order chi connectivity index (χ0) is 8.91. The first-order valence-corrected chi connectivity index (χ1v) is 6.59. The van der Waals surface area contributed by atoms with Gasteiger partial charge < -0.3 is 5.32 Å². The second kappa shape index (κ2) is 5.96. The Morgan fingerprint density at radius 1 is 1.36 bits per heavy atom. The largest absolute Gasteiger partial charge is 0.310 e. The lowest BCUT2D eigenvalue weighted by Gasteiger charge is -2.32. The molecule has 0 saturated heterocycles. The number of hydrogen-bond acceptors (Lipinski definition) is 1. The van der Waals surface area contributed by atoms with Crippen LogP contribution < -0.4 is 5.32 Å². The first-order chi connectivity index (χ1) is 5.06. The van der Waals surface area contributed by atoms with Crippen LogP contribution in [0.1, 0.15) is 33.6 Å². The van der Waals surface area contributed by atoms with Crippen molar-refractivity contribution in [3.05, 3.63) is 0 Å². The van der Waals surface area contributed by atoms with E-state index in [0.717, 1.165) is 6.54 Å². The topological polar surface area (TPSA) is 12.0 Å². The zero-order valence-electron chi connectivity index (χ0n) is 7.45. The number of hydrogen-bond donors (Lipinski definition) is 1. The molecule has 0 heterocycles. The maximum atomic E-state index is 3.54. The molecule has 0 saturated carbocycles. The van der Waals surface area contributed by atoms with Crippen LogP contribution in [0.5, 0.6) is 0 Å². The van der Waals surface area contributed by atoms with Crippen molar-refractivity contribution in [1.29, 1.82) is 0 Å². The summed E-state index contributed by atoms with van der Waals surface area (Å²) in [6, 6.07) is 0. The predicted molar refractivity (Wildman–Crippen MR) is 68.8 cm³/mol. The van der Waals surface area contributed by atoms with Crippen molar-refractivity contribution in [3.63, 3.8) is 0 Å². The molecule has 0 aromatic heterocycles. The molecule has 0 spiro atoms. The summed E-state index contributed by atoms with van der Waals surface area (Å²) in [6.45, 7) is 7.79. The summed E-state index contributed by atoms with van der Waals surface area (Å²) in [5.41, 5.74) is 0.324. The second-order valence-electron chi connectivity index (χ2n) is 3.00. The summed E-state index contributed by atoms with van der Waals surface area (Å²) in [6.07, 6.45) is 2.52. The summed E-state index contributed by atoms with van der Waals surface area (Å²) in [5, 5.41) is 3.54. The van der Waals surface area contributed by atoms with Crippen LogP contribution in [0.4, 0.5) is 0 Å². The Morgan fingerprint density at radius 3 is 2.18 bits per heavy atom. The highest BCUT2D eigenvalue weighted by molar-refractivity contribution is 14.2. The lowest BCUT2D eigenvalue weighted by Crippen LogP contribution is -2.47. The van der Waals surface area contributed by atoms with E-state index in [1.165, 1.54) is 12.8 Å². The zero-order valence-corrected chi connectivity index (χ0v) is 11.8. The molecule has 0 aliphatic heterocycles. The van der Waals surface area contributed by atoms with Crippen molar-refractivity contribution < 1.29 is 0 Å². The van der Waals surface area contributed by atoms with E-state index in [-0.39, 0.29) is 0 Å². The molecule has 1 N–H and O–H groups in total. The molecule has 1 atom stereocenters. The van der Waals surface area contributed by atoms with Crippen LogP contribution in [0.15, 0.2) is 0 Å². The first kappa shape index (κ1) is 12.4. The maximum absolute atomic E-state index is 3.54. The average molecular weight is 381 g/mol. The molecular formula is C8H17I2N. The van der Waals surface area contributed by atoms with Crippen molar-refractivity contribution in [2.45, 2.75) is 41.1 Å². The van der Waals surface area contributed by atoms with E-state index < -0.39 is 0 Å². The normalized spacial score (nSPS) is 16.9. The molecule has 0 aliphatic carbocycles. The molecule has 0 radical (unpaired) electrons. The highest BCUT2D eigenvalue weighted by Crippen LogP contribution is 2.28. The van der Waals surface area contributed by atoms with Crippen LogP contribution >= 0.6 is 45.2 Å². The van der Waals surface area contributed by atoms with Crippen molar-refractivity contribution in [1.82, 2.24) is 5.32 Å². The van der Waals surface area contributed by atoms with E-state index in [0.29, 0.717) is 7.47 Å². The lowest BCUT2D eigenvalue weighted by molar-refractivity contribution is 0.374. The molecule has 3 heteroatoms. The fourth-order valence-electron chi connectivity index (χ4n) is 1.20. The molecule has 1 unspecified atom stereocenters. The highest BCUT2D eigenvalue weighted by Gasteiger charge is 2.28. The van der Waals surface area contributed by atoms with Crippen LogP contribution in [-0.4, -0.2) is 14.0 Å². The van der Waals surface area contributed by atoms with E-state index in [1.54, 1.807) is 0 Å². The SMILES string of the molecule is CCCC(C)(NCC)C(I)I. The van der Waals surface area contributed by atoms with Gasteiger partial charge in [-0.2, -0.15) is 0 Å². The Labute approximate surface area is 97.4 Å². The number of alkyl halides is 2. The van der Waals surface area contributed by atoms with Gasteiger partial charge in [-0.1, -0.05) is 65.5 Å². The Morgan fingerprint density at radius 2 is 1.91 bits per heavy atom. The monoisotopic (exact) mass is 381 g/mol. The van der Waals surface area contributed by atoms with Crippen LogP contribution in [-0.2, 0) is 0 Å². The lowest BCUT2D eigenvalue weighted by atomic mass is 9.99. The van der Waals surface area contributed by atoms with Gasteiger partial charge >= 0.3 is 0 Å². The van der Waals surface area contributed by atoms with Crippen LogP contribution in [0, 0.1) is 0 Å². The molecule has 0 aliphatic rings. The standard InChI is InChI=1S/C8H17I2N/c1-4-6-8(3,7(9)10)11-5-2/h7,11H,4-6H2,1-3H3. The van der Waals surface area contributed by atoms with Crippen molar-refractivity contribution in [2.75, 3.05) is 6.54 Å². The molecule has 0 aromatic rings. The molecule has 1 nitrogen and oxygen atoms in total. The van der Waals surface area contributed by atoms with Gasteiger partial charge in [0.05, 0.1) is 1.93 Å². The van der Waals surface area contributed by atoms with Crippen LogP contribution in [0.25, 0.3) is 0 Å². The fraction of sp³-hybridized carbons (Fsp3) is 1.00. The van der Waals surface area contributed by atoms with E-state index in [4.69, 9.17) is 0 Å². The van der Waals surface area contributed by atoms with E-state index >= 15 is 0 Å². The minimum Gasteiger partial charge on any atom is -0.310 e. The molecule has 68 valence electrons. The van der Waals surface area contributed by atoms with Crippen molar-refractivity contribution in [2.24, 2.45) is 0 Å². The average Bonchev–Trinajstić information content (AvgIpc) is 1.88. The third-order valence-corrected chi connectivity index (χ3v) is 4.58. The summed E-state index contributed by atoms with van der Waals surface area (Å²) in [4.78, 5) is 0. The second-order valence-corrected chi connectivity index (χ2v) is 7.87. The summed E-state index contributed by atoms with van der Waals surface area (Å²) >= 11 is 4.98. The Balaban J connectivity index is 4.01. The van der Waals surface area contributed by atoms with E-state index in [1.807, 2.05) is 0 Å². The minimum atomic E-state index is 0.324. The van der Waals surface area contributed by atoms with Gasteiger partial charge in [-0.25, -0.2) is 0 Å². The van der Waals surface area contributed by atoms with Gasteiger partial charge in [-0.3, -0.25) is 0 Å². The predicted octanol–water partition coefficient (Wildman–Crippen LogP) is 3.35. The smallest absolute Gasteiger partial charge is 0.0804 e. The van der Waals surface area contributed by atoms with Gasteiger partial charge in [-0.05, 0) is 19.9 Å². The summed E-state index contributed by atoms with van der Waals surface area (Å²) in [7, 11) is 0. The summed E-state index contributed by atoms with van der Waals surface area (Å²) < 4.78 is 0.664. The third-order valence-electron chi connectivity index (χ3n) is 1.83. The van der Waals surface area contributed by atoms with Crippen molar-refractivity contribution in [3.8, 4) is 0 Å². The van der Waals surface area contributed by atoms with Gasteiger partial charge in [0.2, 0.25) is 0 Å². The molecule has 11 heavy (non-hydrogen) atoms. The molecule has 0 amide bonds. The van der Waals surface area contributed by atoms with Crippen LogP contribution in [0.3, 0.4) is 0 Å². The highest BCUT2D eigenvalue weighted by atomic mass is 127. The molecule has 0 bridgehead atoms. The van der Waals surface area contributed by atoms with E-state index in [2.05, 4.69) is 71.3 Å². The maximum Gasteiger partial charge on any atom is 0.0804 e. The molecule has 0 aromatic carbocycles. The minimum absolute atomic E-state index is 0.324. The van der Waals surface area contributed by atoms with Gasteiger partial charge in [0.15, 0.2) is 0 Å². The van der Waals surface area contributed by atoms with Gasteiger partial charge in [0.1, 0.15) is 0 Å². The molecule has 0 fully saturated rings. The van der Waals surface area contributed by atoms with Gasteiger partial charge in [0, 0.05) is 5.54 Å². The third kappa shape index (κ3) is 4.26. The van der Waals surface area contributed by atoms with Gasteiger partial charge in [0.25, 0.3) is 0 Å². The Kier molecular flexibility index (Phi) is 6.73. The first-order valence-electron chi connectivity index (χ1n) is 4.10. The number of halogens is 2. The number of nitrogens with one attached hydrogen (secondary N) is 1. The quantitative estimate of drug-likeness (QED) is 0.569. The molecular weight excluding hydrogens is 364 g/mol.